The predicted molar refractivity (Wildman–Crippen MR) is 139 cm³/mol. The number of aliphatic hydroxyl groups excluding tert-OH is 1. The summed E-state index contributed by atoms with van der Waals surface area (Å²) in [6, 6.07) is 0. The molecule has 0 aromatic heterocycles. The van der Waals surface area contributed by atoms with Gasteiger partial charge in [-0.05, 0) is 91.9 Å². The first-order chi connectivity index (χ1) is 16.6. The SMILES string of the molecule is C[C@@H](C/C=C/C(C)(C)OO)[C@@H]1CC[C@]2(C)C3=C(C(OO)C[C@@]12C)[C@@]1(C)CC[C@H](O)C(C)(C)[C@@H]1CC3=O. The third-order valence-electron chi connectivity index (χ3n) is 11.6. The highest BCUT2D eigenvalue weighted by Gasteiger charge is 2.67. The fourth-order valence-electron chi connectivity index (χ4n) is 9.20. The van der Waals surface area contributed by atoms with Crippen LogP contribution in [0.4, 0.5) is 0 Å². The van der Waals surface area contributed by atoms with Gasteiger partial charge in [-0.3, -0.25) is 15.3 Å². The average molecular weight is 505 g/mol. The van der Waals surface area contributed by atoms with Crippen LogP contribution in [-0.2, 0) is 14.6 Å². The molecule has 36 heavy (non-hydrogen) atoms. The van der Waals surface area contributed by atoms with E-state index in [4.69, 9.17) is 10.1 Å². The molecule has 0 spiro atoms. The molecule has 8 atom stereocenters. The van der Waals surface area contributed by atoms with Crippen molar-refractivity contribution in [1.82, 2.24) is 0 Å². The third kappa shape index (κ3) is 3.89. The van der Waals surface area contributed by atoms with Crippen LogP contribution in [0, 0.1) is 39.4 Å². The fourth-order valence-corrected chi connectivity index (χ4v) is 9.20. The summed E-state index contributed by atoms with van der Waals surface area (Å²) >= 11 is 0. The fraction of sp³-hybridized carbons (Fsp3) is 0.833. The molecule has 4 rings (SSSR count). The lowest BCUT2D eigenvalue weighted by atomic mass is 9.42. The molecule has 4 aliphatic rings. The molecular formula is C30H48O6. The maximum absolute atomic E-state index is 14.0. The largest absolute Gasteiger partial charge is 0.393 e. The van der Waals surface area contributed by atoms with Crippen molar-refractivity contribution >= 4 is 5.78 Å². The summed E-state index contributed by atoms with van der Waals surface area (Å²) in [5.74, 6) is 0.916. The van der Waals surface area contributed by atoms with Crippen molar-refractivity contribution in [1.29, 1.82) is 0 Å². The van der Waals surface area contributed by atoms with Crippen LogP contribution < -0.4 is 0 Å². The molecule has 0 aromatic rings. The number of fused-ring (bicyclic) bond motifs is 4. The van der Waals surface area contributed by atoms with Gasteiger partial charge in [0, 0.05) is 17.4 Å². The zero-order valence-corrected chi connectivity index (χ0v) is 23.6. The van der Waals surface area contributed by atoms with E-state index in [9.17, 15) is 15.2 Å². The lowest BCUT2D eigenvalue weighted by molar-refractivity contribution is -0.297. The number of aliphatic hydroxyl groups is 1. The maximum Gasteiger partial charge on any atom is 0.159 e. The lowest BCUT2D eigenvalue weighted by Gasteiger charge is -2.62. The molecule has 1 unspecified atom stereocenters. The Hall–Kier alpha value is -1.05. The Kier molecular flexibility index (Phi) is 7.00. The molecule has 6 nitrogen and oxygen atoms in total. The number of allylic oxidation sites excluding steroid dienone is 2. The van der Waals surface area contributed by atoms with Gasteiger partial charge < -0.3 is 5.11 Å². The molecule has 0 aromatic carbocycles. The highest BCUT2D eigenvalue weighted by Crippen LogP contribution is 2.72. The van der Waals surface area contributed by atoms with Gasteiger partial charge in [0.2, 0.25) is 0 Å². The Labute approximate surface area is 217 Å². The molecule has 0 aliphatic heterocycles. The van der Waals surface area contributed by atoms with E-state index in [1.54, 1.807) is 0 Å². The number of carbonyl (C=O) groups is 1. The van der Waals surface area contributed by atoms with E-state index in [0.717, 1.165) is 36.8 Å². The minimum absolute atomic E-state index is 0.0176. The van der Waals surface area contributed by atoms with Gasteiger partial charge in [-0.2, -0.15) is 0 Å². The average Bonchev–Trinajstić information content (AvgIpc) is 3.08. The highest BCUT2D eigenvalue weighted by atomic mass is 17.1. The molecule has 0 saturated heterocycles. The number of Topliss-reactive ketones (excluding diaryl/α,β-unsaturated/α-hetero) is 1. The summed E-state index contributed by atoms with van der Waals surface area (Å²) in [7, 11) is 0. The van der Waals surface area contributed by atoms with Crippen molar-refractivity contribution in [2.75, 3.05) is 0 Å². The van der Waals surface area contributed by atoms with Crippen LogP contribution >= 0.6 is 0 Å². The van der Waals surface area contributed by atoms with Crippen molar-refractivity contribution in [2.24, 2.45) is 39.4 Å². The molecule has 0 amide bonds. The zero-order chi connectivity index (χ0) is 26.9. The molecule has 0 radical (unpaired) electrons. The van der Waals surface area contributed by atoms with Crippen molar-refractivity contribution in [3.05, 3.63) is 23.3 Å². The van der Waals surface area contributed by atoms with Crippen molar-refractivity contribution < 1.29 is 30.2 Å². The van der Waals surface area contributed by atoms with Gasteiger partial charge in [-0.25, -0.2) is 9.78 Å². The van der Waals surface area contributed by atoms with Gasteiger partial charge in [0.05, 0.1) is 6.10 Å². The Morgan fingerprint density at radius 3 is 2.39 bits per heavy atom. The summed E-state index contributed by atoms with van der Waals surface area (Å²) in [6.45, 7) is 16.9. The summed E-state index contributed by atoms with van der Waals surface area (Å²) < 4.78 is 0. The first kappa shape index (κ1) is 28.0. The van der Waals surface area contributed by atoms with Crippen molar-refractivity contribution in [3.63, 3.8) is 0 Å². The highest BCUT2D eigenvalue weighted by molar-refractivity contribution is 6.00. The number of carbonyl (C=O) groups excluding carboxylic acids is 1. The predicted octanol–water partition coefficient (Wildman–Crippen LogP) is 6.59. The van der Waals surface area contributed by atoms with E-state index in [0.29, 0.717) is 31.1 Å². The normalized spacial score (nSPS) is 43.4. The molecule has 3 N–H and O–H groups in total. The molecule has 0 heterocycles. The van der Waals surface area contributed by atoms with Gasteiger partial charge in [-0.1, -0.05) is 53.7 Å². The van der Waals surface area contributed by atoms with Gasteiger partial charge >= 0.3 is 0 Å². The van der Waals surface area contributed by atoms with Crippen LogP contribution in [0.1, 0.15) is 100 Å². The topological polar surface area (TPSA) is 96.2 Å². The second kappa shape index (κ2) is 9.01. The van der Waals surface area contributed by atoms with Crippen LogP contribution in [0.25, 0.3) is 0 Å². The number of rotatable bonds is 6. The summed E-state index contributed by atoms with van der Waals surface area (Å²) in [4.78, 5) is 23.9. The Morgan fingerprint density at radius 2 is 1.78 bits per heavy atom. The van der Waals surface area contributed by atoms with E-state index in [1.165, 1.54) is 0 Å². The van der Waals surface area contributed by atoms with E-state index in [1.807, 2.05) is 19.9 Å². The lowest BCUT2D eigenvalue weighted by Crippen LogP contribution is -2.60. The van der Waals surface area contributed by atoms with Crippen LogP contribution in [0.5, 0.6) is 0 Å². The van der Waals surface area contributed by atoms with Crippen molar-refractivity contribution in [2.45, 2.75) is 118 Å². The quantitative estimate of drug-likeness (QED) is 0.214. The Morgan fingerprint density at radius 1 is 1.11 bits per heavy atom. The van der Waals surface area contributed by atoms with E-state index < -0.39 is 17.8 Å². The molecule has 6 heteroatoms. The van der Waals surface area contributed by atoms with Crippen molar-refractivity contribution in [3.8, 4) is 0 Å². The molecule has 4 aliphatic carbocycles. The van der Waals surface area contributed by atoms with Crippen LogP contribution in [0.15, 0.2) is 23.3 Å². The standard InChI is InChI=1S/C30H48O6/c1-18(10-9-13-26(2,3)36-34)19-11-15-29(7)24-20(31)16-22-27(4,5)23(32)12-14-28(22,6)25(24)21(35-33)17-30(19,29)8/h9,13,18-19,21-23,32-34H,10-12,14-17H2,1-8H3/b13-9+/t18-,19-,21?,22-,23-,28-,29+,30-/m0/s1. The third-order valence-corrected chi connectivity index (χ3v) is 11.6. The summed E-state index contributed by atoms with van der Waals surface area (Å²) in [6.07, 6.45) is 8.47. The minimum Gasteiger partial charge on any atom is -0.393 e. The molecule has 2 fully saturated rings. The smallest absolute Gasteiger partial charge is 0.159 e. The van der Waals surface area contributed by atoms with Gasteiger partial charge in [0.1, 0.15) is 11.7 Å². The molecule has 0 bridgehead atoms. The van der Waals surface area contributed by atoms with E-state index in [-0.39, 0.29) is 33.4 Å². The maximum atomic E-state index is 14.0. The zero-order valence-electron chi connectivity index (χ0n) is 23.6. The second-order valence-corrected chi connectivity index (χ2v) is 14.3. The summed E-state index contributed by atoms with van der Waals surface area (Å²) in [5, 5.41) is 30.2. The first-order valence-corrected chi connectivity index (χ1v) is 13.9. The van der Waals surface area contributed by atoms with Crippen LogP contribution in [0.2, 0.25) is 0 Å². The van der Waals surface area contributed by atoms with Gasteiger partial charge in [0.25, 0.3) is 0 Å². The Balaban J connectivity index is 1.75. The number of hydrogen-bond donors (Lipinski definition) is 3. The van der Waals surface area contributed by atoms with Gasteiger partial charge in [-0.15, -0.1) is 0 Å². The number of hydrogen-bond acceptors (Lipinski definition) is 6. The van der Waals surface area contributed by atoms with Crippen LogP contribution in [-0.4, -0.2) is 39.2 Å². The molecule has 204 valence electrons. The van der Waals surface area contributed by atoms with E-state index >= 15 is 0 Å². The molecular weight excluding hydrogens is 456 g/mol. The van der Waals surface area contributed by atoms with E-state index in [2.05, 4.69) is 52.5 Å². The Bertz CT molecular complexity index is 949. The molecule has 2 saturated carbocycles. The first-order valence-electron chi connectivity index (χ1n) is 13.9. The monoisotopic (exact) mass is 504 g/mol. The summed E-state index contributed by atoms with van der Waals surface area (Å²) in [5.41, 5.74) is 0.0647. The minimum atomic E-state index is -0.726. The number of ketones is 1. The van der Waals surface area contributed by atoms with Crippen LogP contribution in [0.3, 0.4) is 0 Å². The van der Waals surface area contributed by atoms with Gasteiger partial charge in [0.15, 0.2) is 5.78 Å². The second-order valence-electron chi connectivity index (χ2n) is 14.3.